The zero-order valence-electron chi connectivity index (χ0n) is 13.2. The number of rotatable bonds is 3. The van der Waals surface area contributed by atoms with Gasteiger partial charge in [-0.15, -0.1) is 0 Å². The average molecular weight is 342 g/mol. The zero-order valence-corrected chi connectivity index (χ0v) is 13.9. The van der Waals surface area contributed by atoms with Crippen LogP contribution in [0.4, 0.5) is 0 Å². The molecule has 0 radical (unpaired) electrons. The Kier molecular flexibility index (Phi) is 3.73. The van der Waals surface area contributed by atoms with Crippen LogP contribution in [-0.4, -0.2) is 28.3 Å². The molecule has 1 N–H and O–H groups in total. The van der Waals surface area contributed by atoms with Gasteiger partial charge in [-0.2, -0.15) is 5.10 Å². The van der Waals surface area contributed by atoms with Crippen LogP contribution in [0.3, 0.4) is 0 Å². The fourth-order valence-electron chi connectivity index (χ4n) is 3.18. The number of pyridine rings is 1. The van der Waals surface area contributed by atoms with Gasteiger partial charge in [-0.25, -0.2) is 9.78 Å². The number of aromatic amines is 1. The number of nitrogens with one attached hydrogen (secondary N) is 1. The summed E-state index contributed by atoms with van der Waals surface area (Å²) in [6, 6.07) is 9.83. The summed E-state index contributed by atoms with van der Waals surface area (Å²) in [4.78, 5) is 16.0. The van der Waals surface area contributed by atoms with Crippen LogP contribution in [0.5, 0.6) is 0 Å². The fraction of sp³-hybridized carbons (Fsp3) is 0.278. The number of benzene rings is 1. The van der Waals surface area contributed by atoms with Crippen LogP contribution in [0.2, 0.25) is 5.02 Å². The predicted octanol–water partition coefficient (Wildman–Crippen LogP) is 4.33. The van der Waals surface area contributed by atoms with E-state index in [0.29, 0.717) is 16.6 Å². The summed E-state index contributed by atoms with van der Waals surface area (Å²) in [6.45, 7) is 0. The molecule has 0 atom stereocenters. The number of methoxy groups -OCH3 is 1. The summed E-state index contributed by atoms with van der Waals surface area (Å²) in [5, 5.41) is 8.47. The van der Waals surface area contributed by atoms with Gasteiger partial charge >= 0.3 is 5.97 Å². The predicted molar refractivity (Wildman–Crippen MR) is 92.3 cm³/mol. The van der Waals surface area contributed by atoms with E-state index in [1.54, 1.807) is 0 Å². The molecule has 2 aromatic heterocycles. The SMILES string of the molecule is COC(=O)c1cc(Cl)c2c(-c3ccccc3C3CCC3)[nH]nc2n1. The Morgan fingerprint density at radius 2 is 2.12 bits per heavy atom. The van der Waals surface area contributed by atoms with Gasteiger partial charge in [-0.05, 0) is 30.4 Å². The summed E-state index contributed by atoms with van der Waals surface area (Å²) >= 11 is 6.43. The van der Waals surface area contributed by atoms with Crippen LogP contribution in [0.15, 0.2) is 30.3 Å². The van der Waals surface area contributed by atoms with E-state index in [0.717, 1.165) is 16.6 Å². The third-order valence-corrected chi connectivity index (χ3v) is 4.94. The van der Waals surface area contributed by atoms with Gasteiger partial charge in [-0.3, -0.25) is 5.10 Å². The van der Waals surface area contributed by atoms with Crippen LogP contribution >= 0.6 is 11.6 Å². The Balaban J connectivity index is 1.88. The van der Waals surface area contributed by atoms with Crippen LogP contribution < -0.4 is 0 Å². The molecule has 1 saturated carbocycles. The topological polar surface area (TPSA) is 67.9 Å². The molecule has 0 bridgehead atoms. The Labute approximate surface area is 144 Å². The molecule has 5 nitrogen and oxygen atoms in total. The number of halogens is 1. The van der Waals surface area contributed by atoms with Gasteiger partial charge in [0.15, 0.2) is 11.3 Å². The van der Waals surface area contributed by atoms with Crippen molar-refractivity contribution in [3.05, 3.63) is 46.6 Å². The number of hydrogen-bond donors (Lipinski definition) is 1. The molecule has 0 saturated heterocycles. The molecule has 0 spiro atoms. The highest BCUT2D eigenvalue weighted by Crippen LogP contribution is 2.42. The molecule has 0 amide bonds. The molecule has 1 aliphatic rings. The van der Waals surface area contributed by atoms with Crippen molar-refractivity contribution in [3.63, 3.8) is 0 Å². The second-order valence-corrected chi connectivity index (χ2v) is 6.40. The smallest absolute Gasteiger partial charge is 0.356 e. The first-order valence-electron chi connectivity index (χ1n) is 7.91. The first-order chi connectivity index (χ1) is 11.7. The molecule has 0 unspecified atom stereocenters. The molecule has 122 valence electrons. The second kappa shape index (κ2) is 5.91. The Bertz CT molecular complexity index is 931. The summed E-state index contributed by atoms with van der Waals surface area (Å²) in [7, 11) is 1.31. The van der Waals surface area contributed by atoms with Crippen molar-refractivity contribution in [3.8, 4) is 11.3 Å². The third-order valence-electron chi connectivity index (χ3n) is 4.65. The minimum absolute atomic E-state index is 0.153. The average Bonchev–Trinajstić information content (AvgIpc) is 2.97. The van der Waals surface area contributed by atoms with Crippen LogP contribution in [0.25, 0.3) is 22.3 Å². The fourth-order valence-corrected chi connectivity index (χ4v) is 3.46. The third kappa shape index (κ3) is 2.36. The number of aromatic nitrogens is 3. The van der Waals surface area contributed by atoms with E-state index in [-0.39, 0.29) is 5.69 Å². The molecule has 6 heteroatoms. The Morgan fingerprint density at radius 1 is 1.33 bits per heavy atom. The normalized spacial score (nSPS) is 14.6. The number of carbonyl (C=O) groups excluding carboxylic acids is 1. The number of H-pyrrole nitrogens is 1. The van der Waals surface area contributed by atoms with Gasteiger partial charge in [0, 0.05) is 5.56 Å². The highest BCUT2D eigenvalue weighted by molar-refractivity contribution is 6.36. The van der Waals surface area contributed by atoms with Crippen molar-refractivity contribution in [2.75, 3.05) is 7.11 Å². The summed E-state index contributed by atoms with van der Waals surface area (Å²) < 4.78 is 4.71. The maximum Gasteiger partial charge on any atom is 0.356 e. The lowest BCUT2D eigenvalue weighted by Gasteiger charge is -2.27. The van der Waals surface area contributed by atoms with Gasteiger partial charge in [0.25, 0.3) is 0 Å². The molecule has 2 heterocycles. The van der Waals surface area contributed by atoms with E-state index in [1.165, 1.54) is 38.0 Å². The molecular weight excluding hydrogens is 326 g/mol. The monoisotopic (exact) mass is 341 g/mol. The van der Waals surface area contributed by atoms with Crippen molar-refractivity contribution in [2.24, 2.45) is 0 Å². The van der Waals surface area contributed by atoms with Crippen molar-refractivity contribution in [1.29, 1.82) is 0 Å². The van der Waals surface area contributed by atoms with Gasteiger partial charge in [0.2, 0.25) is 0 Å². The van der Waals surface area contributed by atoms with E-state index in [2.05, 4.69) is 33.4 Å². The van der Waals surface area contributed by atoms with E-state index in [9.17, 15) is 4.79 Å². The number of carbonyl (C=O) groups is 1. The van der Waals surface area contributed by atoms with Crippen LogP contribution in [0.1, 0.15) is 41.2 Å². The van der Waals surface area contributed by atoms with E-state index < -0.39 is 5.97 Å². The number of fused-ring (bicyclic) bond motifs is 1. The first kappa shape index (κ1) is 15.1. The summed E-state index contributed by atoms with van der Waals surface area (Å²) in [5.41, 5.74) is 3.82. The highest BCUT2D eigenvalue weighted by Gasteiger charge is 2.25. The molecule has 3 aromatic rings. The molecule has 24 heavy (non-hydrogen) atoms. The van der Waals surface area contributed by atoms with E-state index in [4.69, 9.17) is 16.3 Å². The minimum atomic E-state index is -0.529. The van der Waals surface area contributed by atoms with Gasteiger partial charge < -0.3 is 4.74 Å². The number of ether oxygens (including phenoxy) is 1. The van der Waals surface area contributed by atoms with Gasteiger partial charge in [0.05, 0.1) is 23.2 Å². The maximum absolute atomic E-state index is 11.7. The molecule has 4 rings (SSSR count). The number of nitrogens with zero attached hydrogens (tertiary/aromatic N) is 2. The van der Waals surface area contributed by atoms with Gasteiger partial charge in [0.1, 0.15) is 0 Å². The molecule has 0 aliphatic heterocycles. The quantitative estimate of drug-likeness (QED) is 0.720. The molecule has 1 aromatic carbocycles. The van der Waals surface area contributed by atoms with E-state index in [1.807, 2.05) is 6.07 Å². The second-order valence-electron chi connectivity index (χ2n) is 5.99. The minimum Gasteiger partial charge on any atom is -0.464 e. The molecule has 1 aliphatic carbocycles. The molecule has 1 fully saturated rings. The van der Waals surface area contributed by atoms with E-state index >= 15 is 0 Å². The maximum atomic E-state index is 11.7. The highest BCUT2D eigenvalue weighted by atomic mass is 35.5. The van der Waals surface area contributed by atoms with Gasteiger partial charge in [-0.1, -0.05) is 42.3 Å². The largest absolute Gasteiger partial charge is 0.464 e. The number of hydrogen-bond acceptors (Lipinski definition) is 4. The summed E-state index contributed by atoms with van der Waals surface area (Å²) in [6.07, 6.45) is 3.69. The van der Waals surface area contributed by atoms with Crippen molar-refractivity contribution < 1.29 is 9.53 Å². The lowest BCUT2D eigenvalue weighted by Crippen LogP contribution is -2.10. The summed E-state index contributed by atoms with van der Waals surface area (Å²) in [5.74, 6) is 0.0545. The zero-order chi connectivity index (χ0) is 16.7. The van der Waals surface area contributed by atoms with Crippen LogP contribution in [-0.2, 0) is 4.74 Å². The van der Waals surface area contributed by atoms with Crippen molar-refractivity contribution in [2.45, 2.75) is 25.2 Å². The lowest BCUT2D eigenvalue weighted by molar-refractivity contribution is 0.0594. The number of esters is 1. The van der Waals surface area contributed by atoms with Crippen LogP contribution in [0, 0.1) is 0 Å². The molecular formula is C18H16ClN3O2. The Hall–Kier alpha value is -2.40. The standard InChI is InChI=1S/C18H16ClN3O2/c1-24-18(23)14-9-13(19)15-16(21-22-17(15)20-14)12-8-3-2-7-11(12)10-5-4-6-10/h2-3,7-10H,4-6H2,1H3,(H,20,21,22). The lowest BCUT2D eigenvalue weighted by atomic mass is 9.77. The van der Waals surface area contributed by atoms with Crippen molar-refractivity contribution >= 4 is 28.6 Å². The Morgan fingerprint density at radius 3 is 2.83 bits per heavy atom. The first-order valence-corrected chi connectivity index (χ1v) is 8.29. The van der Waals surface area contributed by atoms with Crippen molar-refractivity contribution in [1.82, 2.24) is 15.2 Å².